The summed E-state index contributed by atoms with van der Waals surface area (Å²) >= 11 is 0. The van der Waals surface area contributed by atoms with Crippen molar-refractivity contribution in [3.8, 4) is 5.75 Å². The van der Waals surface area contributed by atoms with Gasteiger partial charge >= 0.3 is 0 Å². The van der Waals surface area contributed by atoms with Crippen LogP contribution >= 0.6 is 0 Å². The molecular formula is C20H18N4O2. The van der Waals surface area contributed by atoms with Gasteiger partial charge in [0.25, 0.3) is 5.91 Å². The first kappa shape index (κ1) is 16.1. The number of carbonyl (C=O) groups is 1. The molecular weight excluding hydrogens is 328 g/mol. The Morgan fingerprint density at radius 3 is 2.81 bits per heavy atom. The second kappa shape index (κ2) is 6.84. The van der Waals surface area contributed by atoms with Crippen molar-refractivity contribution in [2.45, 2.75) is 6.42 Å². The van der Waals surface area contributed by atoms with E-state index in [1.165, 1.54) is 0 Å². The van der Waals surface area contributed by atoms with Crippen molar-refractivity contribution < 1.29 is 9.53 Å². The van der Waals surface area contributed by atoms with Crippen LogP contribution in [0.3, 0.4) is 0 Å². The van der Waals surface area contributed by atoms with Crippen molar-refractivity contribution in [1.29, 1.82) is 0 Å². The molecule has 0 atom stereocenters. The van der Waals surface area contributed by atoms with Gasteiger partial charge in [0.15, 0.2) is 0 Å². The quantitative estimate of drug-likeness (QED) is 0.582. The number of methoxy groups -OCH3 is 1. The molecule has 0 fully saturated rings. The van der Waals surface area contributed by atoms with Gasteiger partial charge < -0.3 is 15.0 Å². The Balaban J connectivity index is 1.41. The number of nitrogens with one attached hydrogen (secondary N) is 2. The molecule has 2 N–H and O–H groups in total. The first-order chi connectivity index (χ1) is 12.7. The van der Waals surface area contributed by atoms with E-state index in [9.17, 15) is 4.79 Å². The summed E-state index contributed by atoms with van der Waals surface area (Å²) in [5, 5.41) is 3.83. The van der Waals surface area contributed by atoms with Gasteiger partial charge in [0, 0.05) is 18.4 Å². The standard InChI is InChI=1S/C20H18N4O2/c1-26-14-7-9-15-13(12-14)6-8-18(22-15)20(25)21-11-10-19-23-16-4-2-3-5-17(16)24-19/h2-9,12H,10-11H2,1H3,(H,21,25)(H,23,24). The number of rotatable bonds is 5. The molecule has 0 aliphatic carbocycles. The summed E-state index contributed by atoms with van der Waals surface area (Å²) in [5.74, 6) is 1.42. The second-order valence-corrected chi connectivity index (χ2v) is 5.96. The molecule has 4 aromatic rings. The van der Waals surface area contributed by atoms with Crippen molar-refractivity contribution in [1.82, 2.24) is 20.3 Å². The van der Waals surface area contributed by atoms with Gasteiger partial charge in [-0.15, -0.1) is 0 Å². The Kier molecular flexibility index (Phi) is 4.23. The lowest BCUT2D eigenvalue weighted by molar-refractivity contribution is 0.0949. The number of hydrogen-bond acceptors (Lipinski definition) is 4. The fourth-order valence-electron chi connectivity index (χ4n) is 2.87. The van der Waals surface area contributed by atoms with Gasteiger partial charge in [-0.3, -0.25) is 4.79 Å². The molecule has 0 radical (unpaired) electrons. The zero-order valence-electron chi connectivity index (χ0n) is 14.3. The van der Waals surface area contributed by atoms with E-state index >= 15 is 0 Å². The maximum Gasteiger partial charge on any atom is 0.269 e. The number of aromatic amines is 1. The lowest BCUT2D eigenvalue weighted by atomic mass is 10.2. The molecule has 26 heavy (non-hydrogen) atoms. The number of aromatic nitrogens is 3. The summed E-state index contributed by atoms with van der Waals surface area (Å²) in [7, 11) is 1.62. The number of imidazole rings is 1. The topological polar surface area (TPSA) is 79.9 Å². The van der Waals surface area contributed by atoms with Crippen LogP contribution in [0.4, 0.5) is 0 Å². The van der Waals surface area contributed by atoms with Gasteiger partial charge in [0.05, 0.1) is 23.7 Å². The van der Waals surface area contributed by atoms with E-state index in [4.69, 9.17) is 4.74 Å². The summed E-state index contributed by atoms with van der Waals surface area (Å²) in [6, 6.07) is 17.0. The normalized spacial score (nSPS) is 11.0. The lowest BCUT2D eigenvalue weighted by Gasteiger charge is -2.06. The Morgan fingerprint density at radius 1 is 1.08 bits per heavy atom. The molecule has 1 amide bonds. The lowest BCUT2D eigenvalue weighted by Crippen LogP contribution is -2.26. The highest BCUT2D eigenvalue weighted by molar-refractivity contribution is 5.95. The molecule has 130 valence electrons. The molecule has 0 unspecified atom stereocenters. The van der Waals surface area contributed by atoms with Gasteiger partial charge in [0.1, 0.15) is 17.3 Å². The van der Waals surface area contributed by atoms with Gasteiger partial charge in [-0.25, -0.2) is 9.97 Å². The Hall–Kier alpha value is -3.41. The molecule has 0 aliphatic heterocycles. The molecule has 0 aliphatic rings. The van der Waals surface area contributed by atoms with Crippen molar-refractivity contribution in [3.63, 3.8) is 0 Å². The predicted molar refractivity (Wildman–Crippen MR) is 100 cm³/mol. The number of ether oxygens (including phenoxy) is 1. The molecule has 0 spiro atoms. The zero-order chi connectivity index (χ0) is 17.9. The van der Waals surface area contributed by atoms with E-state index in [0.29, 0.717) is 18.7 Å². The number of H-pyrrole nitrogens is 1. The maximum absolute atomic E-state index is 12.3. The van der Waals surface area contributed by atoms with Crippen LogP contribution in [0.2, 0.25) is 0 Å². The van der Waals surface area contributed by atoms with Crippen LogP contribution in [0, 0.1) is 0 Å². The summed E-state index contributed by atoms with van der Waals surface area (Å²) in [4.78, 5) is 24.5. The Labute approximate surface area is 150 Å². The number of para-hydroxylation sites is 2. The number of pyridine rings is 1. The van der Waals surface area contributed by atoms with E-state index < -0.39 is 0 Å². The molecule has 2 heterocycles. The average molecular weight is 346 g/mol. The van der Waals surface area contributed by atoms with Crippen LogP contribution in [0.5, 0.6) is 5.75 Å². The van der Waals surface area contributed by atoms with E-state index in [1.54, 1.807) is 13.2 Å². The number of fused-ring (bicyclic) bond motifs is 2. The van der Waals surface area contributed by atoms with E-state index in [-0.39, 0.29) is 5.91 Å². The van der Waals surface area contributed by atoms with Crippen LogP contribution in [0.15, 0.2) is 54.6 Å². The van der Waals surface area contributed by atoms with Crippen molar-refractivity contribution in [3.05, 3.63) is 66.1 Å². The molecule has 4 rings (SSSR count). The number of benzene rings is 2. The third kappa shape index (κ3) is 3.21. The van der Waals surface area contributed by atoms with Crippen LogP contribution < -0.4 is 10.1 Å². The highest BCUT2D eigenvalue weighted by Crippen LogP contribution is 2.19. The molecule has 6 nitrogen and oxygen atoms in total. The van der Waals surface area contributed by atoms with Crippen molar-refractivity contribution in [2.24, 2.45) is 0 Å². The highest BCUT2D eigenvalue weighted by Gasteiger charge is 2.09. The fourth-order valence-corrected chi connectivity index (χ4v) is 2.87. The monoisotopic (exact) mass is 346 g/mol. The third-order valence-corrected chi connectivity index (χ3v) is 4.21. The molecule has 6 heteroatoms. The van der Waals surface area contributed by atoms with Crippen molar-refractivity contribution >= 4 is 27.8 Å². The van der Waals surface area contributed by atoms with E-state index in [1.807, 2.05) is 48.5 Å². The van der Waals surface area contributed by atoms with Crippen LogP contribution in [-0.2, 0) is 6.42 Å². The predicted octanol–water partition coefficient (Wildman–Crippen LogP) is 3.09. The van der Waals surface area contributed by atoms with Gasteiger partial charge in [-0.1, -0.05) is 18.2 Å². The minimum Gasteiger partial charge on any atom is -0.497 e. The smallest absolute Gasteiger partial charge is 0.269 e. The summed E-state index contributed by atoms with van der Waals surface area (Å²) in [6.45, 7) is 0.487. The van der Waals surface area contributed by atoms with Crippen LogP contribution in [-0.4, -0.2) is 34.5 Å². The number of carbonyl (C=O) groups excluding carboxylic acids is 1. The molecule has 2 aromatic carbocycles. The molecule has 2 aromatic heterocycles. The first-order valence-corrected chi connectivity index (χ1v) is 8.39. The zero-order valence-corrected chi connectivity index (χ0v) is 14.3. The largest absolute Gasteiger partial charge is 0.497 e. The Morgan fingerprint density at radius 2 is 1.96 bits per heavy atom. The first-order valence-electron chi connectivity index (χ1n) is 8.39. The van der Waals surface area contributed by atoms with Crippen molar-refractivity contribution in [2.75, 3.05) is 13.7 Å². The van der Waals surface area contributed by atoms with Gasteiger partial charge in [0.2, 0.25) is 0 Å². The van der Waals surface area contributed by atoms with Gasteiger partial charge in [-0.2, -0.15) is 0 Å². The van der Waals surface area contributed by atoms with Crippen LogP contribution in [0.1, 0.15) is 16.3 Å². The Bertz CT molecular complexity index is 1050. The summed E-state index contributed by atoms with van der Waals surface area (Å²) in [5.41, 5.74) is 3.09. The number of nitrogens with zero attached hydrogens (tertiary/aromatic N) is 2. The summed E-state index contributed by atoms with van der Waals surface area (Å²) in [6.07, 6.45) is 0.630. The summed E-state index contributed by atoms with van der Waals surface area (Å²) < 4.78 is 5.20. The van der Waals surface area contributed by atoms with Gasteiger partial charge in [-0.05, 0) is 36.4 Å². The number of amides is 1. The minimum atomic E-state index is -0.196. The molecule has 0 saturated carbocycles. The van der Waals surface area contributed by atoms with Crippen LogP contribution in [0.25, 0.3) is 21.9 Å². The maximum atomic E-state index is 12.3. The number of hydrogen-bond donors (Lipinski definition) is 2. The molecule has 0 saturated heterocycles. The fraction of sp³-hybridized carbons (Fsp3) is 0.150. The third-order valence-electron chi connectivity index (χ3n) is 4.21. The average Bonchev–Trinajstić information content (AvgIpc) is 3.09. The molecule has 0 bridgehead atoms. The second-order valence-electron chi connectivity index (χ2n) is 5.96. The minimum absolute atomic E-state index is 0.196. The SMILES string of the molecule is COc1ccc2nc(C(=O)NCCc3nc4ccccc4[nH]3)ccc2c1. The van der Waals surface area contributed by atoms with E-state index in [2.05, 4.69) is 20.3 Å². The highest BCUT2D eigenvalue weighted by atomic mass is 16.5. The van der Waals surface area contributed by atoms with E-state index in [0.717, 1.165) is 33.5 Å².